The summed E-state index contributed by atoms with van der Waals surface area (Å²) >= 11 is 0. The Balaban J connectivity index is 2.50. The van der Waals surface area contributed by atoms with Gasteiger partial charge in [0.15, 0.2) is 0 Å². The molecule has 0 aromatic carbocycles. The highest BCUT2D eigenvalue weighted by Gasteiger charge is 2.23. The maximum Gasteiger partial charge on any atom is 0.0856 e. The molecule has 0 bridgehead atoms. The lowest BCUT2D eigenvalue weighted by atomic mass is 9.84. The van der Waals surface area contributed by atoms with Gasteiger partial charge < -0.3 is 10.2 Å². The van der Waals surface area contributed by atoms with Gasteiger partial charge in [0.1, 0.15) is 0 Å². The molecule has 2 N–H and O–H groups in total. The van der Waals surface area contributed by atoms with Crippen LogP contribution in [-0.2, 0) is 0 Å². The fourth-order valence-electron chi connectivity index (χ4n) is 2.13. The Morgan fingerprint density at radius 2 is 2.24 bits per heavy atom. The molecule has 98 valence electrons. The molecule has 0 radical (unpaired) electrons. The van der Waals surface area contributed by atoms with Gasteiger partial charge in [0.2, 0.25) is 0 Å². The lowest BCUT2D eigenvalue weighted by Crippen LogP contribution is -2.35. The number of rotatable bonds is 4. The van der Waals surface area contributed by atoms with Gasteiger partial charge in [-0.25, -0.2) is 0 Å². The first kappa shape index (κ1) is 14.5. The average molecular weight is 238 g/mol. The lowest BCUT2D eigenvalue weighted by Gasteiger charge is -2.25. The Bertz CT molecular complexity index is 307. The molecule has 0 aromatic rings. The number of hydrogen-bond donors (Lipinski definition) is 2. The lowest BCUT2D eigenvalue weighted by molar-refractivity contribution is -0.0457. The predicted molar refractivity (Wildman–Crippen MR) is 71.8 cm³/mol. The van der Waals surface area contributed by atoms with Crippen molar-refractivity contribution in [2.75, 3.05) is 0 Å². The standard InChI is InChI=1S/C15H26O2/c1-11-5-8-13(9-6-11)12(2)7-10-14(16)15(3,4)17/h5,7,13-14,16-17H,6,8-10H2,1-4H3. The van der Waals surface area contributed by atoms with Crippen molar-refractivity contribution in [3.05, 3.63) is 23.3 Å². The highest BCUT2D eigenvalue weighted by atomic mass is 16.3. The first-order chi connectivity index (χ1) is 7.80. The number of aliphatic hydroxyl groups is 2. The second kappa shape index (κ2) is 5.83. The normalized spacial score (nSPS) is 24.5. The third-order valence-corrected chi connectivity index (χ3v) is 3.76. The molecule has 0 heterocycles. The predicted octanol–water partition coefficient (Wildman–Crippen LogP) is 3.20. The van der Waals surface area contributed by atoms with Crippen molar-refractivity contribution < 1.29 is 10.2 Å². The highest BCUT2D eigenvalue weighted by Crippen LogP contribution is 2.29. The van der Waals surface area contributed by atoms with E-state index < -0.39 is 11.7 Å². The fraction of sp³-hybridized carbons (Fsp3) is 0.733. The molecule has 2 heteroatoms. The summed E-state index contributed by atoms with van der Waals surface area (Å²) in [4.78, 5) is 0. The summed E-state index contributed by atoms with van der Waals surface area (Å²) in [5, 5.41) is 19.4. The van der Waals surface area contributed by atoms with Crippen molar-refractivity contribution in [2.45, 2.75) is 65.1 Å². The Kier molecular flexibility index (Phi) is 4.96. The van der Waals surface area contributed by atoms with Gasteiger partial charge in [0.05, 0.1) is 11.7 Å². The zero-order chi connectivity index (χ0) is 13.1. The van der Waals surface area contributed by atoms with Crippen LogP contribution in [0.1, 0.15) is 53.4 Å². The summed E-state index contributed by atoms with van der Waals surface area (Å²) in [6.45, 7) is 7.62. The Hall–Kier alpha value is -0.600. The first-order valence-corrected chi connectivity index (χ1v) is 6.53. The summed E-state index contributed by atoms with van der Waals surface area (Å²) in [6, 6.07) is 0. The van der Waals surface area contributed by atoms with Crippen LogP contribution < -0.4 is 0 Å². The van der Waals surface area contributed by atoms with E-state index >= 15 is 0 Å². The second-order valence-corrected chi connectivity index (χ2v) is 5.88. The summed E-state index contributed by atoms with van der Waals surface area (Å²) in [7, 11) is 0. The van der Waals surface area contributed by atoms with E-state index in [2.05, 4.69) is 26.0 Å². The number of aliphatic hydroxyl groups excluding tert-OH is 1. The molecule has 2 unspecified atom stereocenters. The first-order valence-electron chi connectivity index (χ1n) is 6.53. The maximum absolute atomic E-state index is 9.77. The zero-order valence-corrected chi connectivity index (χ0v) is 11.5. The second-order valence-electron chi connectivity index (χ2n) is 5.88. The van der Waals surface area contributed by atoms with Crippen LogP contribution in [0, 0.1) is 5.92 Å². The molecule has 17 heavy (non-hydrogen) atoms. The number of allylic oxidation sites excluding steroid dienone is 3. The van der Waals surface area contributed by atoms with Crippen molar-refractivity contribution in [1.82, 2.24) is 0 Å². The molecule has 0 aromatic heterocycles. The van der Waals surface area contributed by atoms with E-state index in [0.29, 0.717) is 12.3 Å². The fourth-order valence-corrected chi connectivity index (χ4v) is 2.13. The molecule has 0 fully saturated rings. The van der Waals surface area contributed by atoms with Gasteiger partial charge in [-0.3, -0.25) is 0 Å². The summed E-state index contributed by atoms with van der Waals surface area (Å²) in [5.74, 6) is 0.618. The Labute approximate surface area is 105 Å². The molecule has 0 amide bonds. The Morgan fingerprint density at radius 3 is 2.71 bits per heavy atom. The van der Waals surface area contributed by atoms with Crippen LogP contribution in [0.15, 0.2) is 23.3 Å². The molecule has 1 aliphatic rings. The third-order valence-electron chi connectivity index (χ3n) is 3.76. The minimum Gasteiger partial charge on any atom is -0.390 e. The van der Waals surface area contributed by atoms with Crippen LogP contribution in [0.3, 0.4) is 0 Å². The summed E-state index contributed by atoms with van der Waals surface area (Å²) in [6.07, 6.45) is 7.77. The van der Waals surface area contributed by atoms with Crippen molar-refractivity contribution >= 4 is 0 Å². The van der Waals surface area contributed by atoms with E-state index in [-0.39, 0.29) is 0 Å². The molecule has 0 saturated carbocycles. The molecule has 0 saturated heterocycles. The summed E-state index contributed by atoms with van der Waals surface area (Å²) in [5.41, 5.74) is 1.82. The zero-order valence-electron chi connectivity index (χ0n) is 11.5. The highest BCUT2D eigenvalue weighted by molar-refractivity contribution is 5.13. The largest absolute Gasteiger partial charge is 0.390 e. The van der Waals surface area contributed by atoms with Gasteiger partial charge in [-0.05, 0) is 59.3 Å². The van der Waals surface area contributed by atoms with Crippen LogP contribution in [0.25, 0.3) is 0 Å². The van der Waals surface area contributed by atoms with Crippen LogP contribution in [0.2, 0.25) is 0 Å². The molecule has 2 atom stereocenters. The topological polar surface area (TPSA) is 40.5 Å². The molecule has 2 nitrogen and oxygen atoms in total. The molecule has 0 aliphatic heterocycles. The molecular weight excluding hydrogens is 212 g/mol. The SMILES string of the molecule is CC1=CCC(C(C)=CCC(O)C(C)(C)O)CC1. The van der Waals surface area contributed by atoms with Crippen LogP contribution in [-0.4, -0.2) is 21.9 Å². The monoisotopic (exact) mass is 238 g/mol. The van der Waals surface area contributed by atoms with Crippen LogP contribution in [0.5, 0.6) is 0 Å². The van der Waals surface area contributed by atoms with E-state index in [1.54, 1.807) is 13.8 Å². The minimum atomic E-state index is -1.01. The maximum atomic E-state index is 9.77. The number of hydrogen-bond acceptors (Lipinski definition) is 2. The van der Waals surface area contributed by atoms with E-state index in [9.17, 15) is 10.2 Å². The van der Waals surface area contributed by atoms with Crippen molar-refractivity contribution in [3.8, 4) is 0 Å². The van der Waals surface area contributed by atoms with E-state index in [4.69, 9.17) is 0 Å². The quantitative estimate of drug-likeness (QED) is 0.738. The van der Waals surface area contributed by atoms with E-state index in [0.717, 1.165) is 6.42 Å². The Morgan fingerprint density at radius 1 is 1.59 bits per heavy atom. The third kappa shape index (κ3) is 4.64. The van der Waals surface area contributed by atoms with E-state index in [1.165, 1.54) is 24.0 Å². The van der Waals surface area contributed by atoms with Gasteiger partial charge in [-0.1, -0.05) is 23.3 Å². The van der Waals surface area contributed by atoms with E-state index in [1.807, 2.05) is 0 Å². The molecule has 0 spiro atoms. The molecule has 1 aliphatic carbocycles. The molecule has 1 rings (SSSR count). The summed E-state index contributed by atoms with van der Waals surface area (Å²) < 4.78 is 0. The smallest absolute Gasteiger partial charge is 0.0856 e. The average Bonchev–Trinajstić information content (AvgIpc) is 2.25. The van der Waals surface area contributed by atoms with Gasteiger partial charge in [0, 0.05) is 0 Å². The molecular formula is C15H26O2. The minimum absolute atomic E-state index is 0.536. The van der Waals surface area contributed by atoms with Gasteiger partial charge in [-0.2, -0.15) is 0 Å². The van der Waals surface area contributed by atoms with Crippen molar-refractivity contribution in [3.63, 3.8) is 0 Å². The van der Waals surface area contributed by atoms with Crippen molar-refractivity contribution in [1.29, 1.82) is 0 Å². The van der Waals surface area contributed by atoms with Gasteiger partial charge in [-0.15, -0.1) is 0 Å². The van der Waals surface area contributed by atoms with Gasteiger partial charge >= 0.3 is 0 Å². The van der Waals surface area contributed by atoms with Crippen molar-refractivity contribution in [2.24, 2.45) is 5.92 Å². The van der Waals surface area contributed by atoms with Crippen LogP contribution in [0.4, 0.5) is 0 Å². The van der Waals surface area contributed by atoms with Gasteiger partial charge in [0.25, 0.3) is 0 Å². The van der Waals surface area contributed by atoms with Crippen LogP contribution >= 0.6 is 0 Å².